The molecule has 156 valence electrons. The first-order valence-corrected chi connectivity index (χ1v) is 10.7. The molecule has 29 heavy (non-hydrogen) atoms. The van der Waals surface area contributed by atoms with Crippen LogP contribution in [0, 0.1) is 11.6 Å². The Kier molecular flexibility index (Phi) is 6.61. The van der Waals surface area contributed by atoms with Crippen LogP contribution in [0.3, 0.4) is 0 Å². The average Bonchev–Trinajstić information content (AvgIpc) is 2.68. The van der Waals surface area contributed by atoms with Gasteiger partial charge in [0, 0.05) is 26.2 Å². The van der Waals surface area contributed by atoms with E-state index in [9.17, 15) is 22.0 Å². The van der Waals surface area contributed by atoms with Crippen molar-refractivity contribution in [2.45, 2.75) is 17.9 Å². The van der Waals surface area contributed by atoms with E-state index in [2.05, 4.69) is 5.32 Å². The zero-order chi connectivity index (χ0) is 21.0. The molecule has 1 aliphatic heterocycles. The van der Waals surface area contributed by atoms with Gasteiger partial charge >= 0.3 is 0 Å². The van der Waals surface area contributed by atoms with Crippen molar-refractivity contribution in [2.75, 3.05) is 32.7 Å². The zero-order valence-corrected chi connectivity index (χ0v) is 16.8. The molecule has 0 spiro atoms. The minimum Gasteiger partial charge on any atom is -0.348 e. The van der Waals surface area contributed by atoms with Gasteiger partial charge in [-0.25, -0.2) is 17.2 Å². The predicted molar refractivity (Wildman–Crippen MR) is 105 cm³/mol. The summed E-state index contributed by atoms with van der Waals surface area (Å²) in [5.74, 6) is -1.13. The Morgan fingerprint density at radius 3 is 2.31 bits per heavy atom. The fourth-order valence-electron chi connectivity index (χ4n) is 3.23. The second kappa shape index (κ2) is 8.98. The van der Waals surface area contributed by atoms with Crippen molar-refractivity contribution in [3.05, 3.63) is 65.7 Å². The molecule has 1 fully saturated rings. The zero-order valence-electron chi connectivity index (χ0n) is 16.0. The lowest BCUT2D eigenvalue weighted by molar-refractivity contribution is -0.123. The van der Waals surface area contributed by atoms with Crippen molar-refractivity contribution in [1.82, 2.24) is 14.5 Å². The summed E-state index contributed by atoms with van der Waals surface area (Å²) in [4.78, 5) is 14.1. The van der Waals surface area contributed by atoms with Crippen LogP contribution in [0.2, 0.25) is 0 Å². The number of nitrogens with zero attached hydrogens (tertiary/aromatic N) is 2. The van der Waals surface area contributed by atoms with Crippen LogP contribution in [-0.2, 0) is 14.8 Å². The number of halogens is 2. The number of amides is 1. The van der Waals surface area contributed by atoms with E-state index in [4.69, 9.17) is 0 Å². The number of hydrogen-bond acceptors (Lipinski definition) is 4. The maximum atomic E-state index is 13.4. The molecule has 1 heterocycles. The first kappa shape index (κ1) is 21.4. The van der Waals surface area contributed by atoms with Crippen molar-refractivity contribution >= 4 is 15.9 Å². The van der Waals surface area contributed by atoms with Crippen LogP contribution >= 0.6 is 0 Å². The van der Waals surface area contributed by atoms with Crippen LogP contribution in [0.1, 0.15) is 18.5 Å². The summed E-state index contributed by atoms with van der Waals surface area (Å²) in [6.07, 6.45) is 0. The predicted octanol–water partition coefficient (Wildman–Crippen LogP) is 2.15. The number of piperazine rings is 1. The van der Waals surface area contributed by atoms with Crippen LogP contribution < -0.4 is 5.32 Å². The summed E-state index contributed by atoms with van der Waals surface area (Å²) in [6, 6.07) is 10.6. The van der Waals surface area contributed by atoms with Crippen molar-refractivity contribution in [1.29, 1.82) is 0 Å². The Morgan fingerprint density at radius 1 is 1.03 bits per heavy atom. The second-order valence-corrected chi connectivity index (χ2v) is 8.92. The van der Waals surface area contributed by atoms with Crippen LogP contribution in [-0.4, -0.2) is 56.3 Å². The molecule has 0 radical (unpaired) electrons. The third kappa shape index (κ3) is 5.37. The molecular formula is C20H23F2N3O3S. The lowest BCUT2D eigenvalue weighted by Gasteiger charge is -2.33. The van der Waals surface area contributed by atoms with Gasteiger partial charge < -0.3 is 5.32 Å². The summed E-state index contributed by atoms with van der Waals surface area (Å²) in [5.41, 5.74) is 0.797. The van der Waals surface area contributed by atoms with Gasteiger partial charge in [0.25, 0.3) is 0 Å². The first-order chi connectivity index (χ1) is 13.8. The average molecular weight is 423 g/mol. The highest BCUT2D eigenvalue weighted by atomic mass is 32.2. The summed E-state index contributed by atoms with van der Waals surface area (Å²) in [7, 11) is -3.76. The molecular weight excluding hydrogens is 400 g/mol. The highest BCUT2D eigenvalue weighted by Crippen LogP contribution is 2.18. The van der Waals surface area contributed by atoms with Crippen LogP contribution in [0.4, 0.5) is 8.78 Å². The Hall–Kier alpha value is -2.36. The topological polar surface area (TPSA) is 69.7 Å². The largest absolute Gasteiger partial charge is 0.348 e. The number of nitrogens with one attached hydrogen (secondary N) is 1. The van der Waals surface area contributed by atoms with Crippen LogP contribution in [0.5, 0.6) is 0 Å². The summed E-state index contributed by atoms with van der Waals surface area (Å²) in [5, 5.41) is 2.86. The van der Waals surface area contributed by atoms with Gasteiger partial charge in [0.05, 0.1) is 17.5 Å². The fraction of sp³-hybridized carbons (Fsp3) is 0.350. The van der Waals surface area contributed by atoms with E-state index in [1.165, 1.54) is 34.6 Å². The smallest absolute Gasteiger partial charge is 0.243 e. The minimum absolute atomic E-state index is 0.0724. The Morgan fingerprint density at radius 2 is 1.69 bits per heavy atom. The molecule has 0 aromatic heterocycles. The number of carbonyl (C=O) groups is 1. The number of benzene rings is 2. The molecule has 0 aliphatic carbocycles. The first-order valence-electron chi connectivity index (χ1n) is 9.28. The second-order valence-electron chi connectivity index (χ2n) is 6.98. The normalized spacial score (nSPS) is 17.1. The number of sulfonamides is 1. The van der Waals surface area contributed by atoms with Gasteiger partial charge in [-0.15, -0.1) is 0 Å². The maximum Gasteiger partial charge on any atom is 0.243 e. The van der Waals surface area contributed by atoms with E-state index in [1.54, 1.807) is 12.1 Å². The molecule has 3 rings (SSSR count). The lowest BCUT2D eigenvalue weighted by atomic mass is 10.1. The van der Waals surface area contributed by atoms with Gasteiger partial charge in [-0.05, 0) is 42.8 Å². The quantitative estimate of drug-likeness (QED) is 0.773. The molecule has 2 aromatic carbocycles. The van der Waals surface area contributed by atoms with E-state index in [0.29, 0.717) is 13.1 Å². The van der Waals surface area contributed by atoms with Crippen molar-refractivity contribution in [2.24, 2.45) is 0 Å². The van der Waals surface area contributed by atoms with Crippen LogP contribution in [0.25, 0.3) is 0 Å². The molecule has 1 unspecified atom stereocenters. The fourth-order valence-corrected chi connectivity index (χ4v) is 4.68. The van der Waals surface area contributed by atoms with Crippen molar-refractivity contribution in [3.63, 3.8) is 0 Å². The number of rotatable bonds is 6. The maximum absolute atomic E-state index is 13.4. The molecule has 1 N–H and O–H groups in total. The van der Waals surface area contributed by atoms with E-state index >= 15 is 0 Å². The summed E-state index contributed by atoms with van der Waals surface area (Å²) >= 11 is 0. The van der Waals surface area contributed by atoms with Crippen molar-refractivity contribution in [3.8, 4) is 0 Å². The highest BCUT2D eigenvalue weighted by Gasteiger charge is 2.29. The third-order valence-corrected chi connectivity index (χ3v) is 6.77. The third-order valence-electron chi connectivity index (χ3n) is 4.88. The molecule has 0 saturated carbocycles. The Labute approximate surface area is 169 Å². The lowest BCUT2D eigenvalue weighted by Crippen LogP contribution is -2.51. The number of hydrogen-bond donors (Lipinski definition) is 1. The SMILES string of the molecule is CC(NC(=O)CN1CCN(S(=O)(=O)c2cccc(F)c2)CC1)c1ccc(F)cc1. The number of carbonyl (C=O) groups excluding carboxylic acids is 1. The van der Waals surface area contributed by atoms with E-state index in [0.717, 1.165) is 11.6 Å². The molecule has 9 heteroatoms. The van der Waals surface area contributed by atoms with Crippen molar-refractivity contribution < 1.29 is 22.0 Å². The van der Waals surface area contributed by atoms with Gasteiger partial charge in [-0.2, -0.15) is 4.31 Å². The minimum atomic E-state index is -3.76. The van der Waals surface area contributed by atoms with Crippen LogP contribution in [0.15, 0.2) is 53.4 Å². The van der Waals surface area contributed by atoms with E-state index in [-0.39, 0.29) is 42.3 Å². The highest BCUT2D eigenvalue weighted by molar-refractivity contribution is 7.89. The van der Waals surface area contributed by atoms with Gasteiger partial charge in [-0.3, -0.25) is 9.69 Å². The van der Waals surface area contributed by atoms with Gasteiger partial charge in [0.1, 0.15) is 11.6 Å². The van der Waals surface area contributed by atoms with E-state index < -0.39 is 15.8 Å². The molecule has 0 bridgehead atoms. The van der Waals surface area contributed by atoms with Gasteiger partial charge in [-0.1, -0.05) is 18.2 Å². The monoisotopic (exact) mass is 423 g/mol. The summed E-state index contributed by atoms with van der Waals surface area (Å²) < 4.78 is 52.9. The standard InChI is InChI=1S/C20H23F2N3O3S/c1-15(16-5-7-17(21)8-6-16)23-20(26)14-24-9-11-25(12-10-24)29(27,28)19-4-2-3-18(22)13-19/h2-8,13,15H,9-12,14H2,1H3,(H,23,26). The molecule has 1 aliphatic rings. The molecule has 2 aromatic rings. The Balaban J connectivity index is 1.51. The summed E-state index contributed by atoms with van der Waals surface area (Å²) in [6.45, 7) is 3.19. The van der Waals surface area contributed by atoms with E-state index in [1.807, 2.05) is 11.8 Å². The molecule has 6 nitrogen and oxygen atoms in total. The molecule has 1 saturated heterocycles. The molecule has 1 atom stereocenters. The van der Waals surface area contributed by atoms with Gasteiger partial charge in [0.15, 0.2) is 0 Å². The Bertz CT molecular complexity index is 959. The molecule has 1 amide bonds. The van der Waals surface area contributed by atoms with Gasteiger partial charge in [0.2, 0.25) is 15.9 Å².